The number of fused-ring (bicyclic) bond motifs is 1. The summed E-state index contributed by atoms with van der Waals surface area (Å²) in [6.07, 6.45) is 7.37. The molecule has 0 spiro atoms. The van der Waals surface area contributed by atoms with E-state index in [1.165, 1.54) is 0 Å². The summed E-state index contributed by atoms with van der Waals surface area (Å²) in [6, 6.07) is 3.91. The van der Waals surface area contributed by atoms with Gasteiger partial charge in [0.2, 0.25) is 5.95 Å². The molecule has 1 atom stereocenters. The van der Waals surface area contributed by atoms with Crippen molar-refractivity contribution in [1.82, 2.24) is 19.9 Å². The molecule has 1 unspecified atom stereocenters. The molecule has 130 valence electrons. The molecule has 0 aromatic carbocycles. The van der Waals surface area contributed by atoms with E-state index in [9.17, 15) is 5.11 Å². The van der Waals surface area contributed by atoms with Gasteiger partial charge in [0.1, 0.15) is 5.65 Å². The Morgan fingerprint density at radius 3 is 2.84 bits per heavy atom. The lowest BCUT2D eigenvalue weighted by Gasteiger charge is -2.35. The Morgan fingerprint density at radius 2 is 2.08 bits per heavy atom. The minimum absolute atomic E-state index is 0.0660. The molecule has 0 radical (unpaired) electrons. The zero-order valence-electron chi connectivity index (χ0n) is 14.4. The Kier molecular flexibility index (Phi) is 3.61. The maximum absolute atomic E-state index is 10.6. The van der Waals surface area contributed by atoms with E-state index in [1.54, 1.807) is 12.4 Å². The normalized spacial score (nSPS) is 18.2. The number of anilines is 2. The van der Waals surface area contributed by atoms with Crippen molar-refractivity contribution in [3.05, 3.63) is 30.7 Å². The van der Waals surface area contributed by atoms with Crippen LogP contribution in [0.2, 0.25) is 0 Å². The molecular weight excluding hydrogens is 316 g/mol. The van der Waals surface area contributed by atoms with Gasteiger partial charge in [-0.3, -0.25) is 0 Å². The van der Waals surface area contributed by atoms with Crippen LogP contribution in [0.15, 0.2) is 30.7 Å². The standard InChI is InChI=1S/C18H22N6O/c1-18(2,25)14-4-3-9-24(14)13-6-8-20-16-15(13)11(10-22-16)12-5-7-21-17(19)23-12/h5-8,10,14,25H,3-4,9H2,1-2H3,(H,20,22)(H2,19,21,23). The van der Waals surface area contributed by atoms with Gasteiger partial charge in [0.25, 0.3) is 0 Å². The van der Waals surface area contributed by atoms with Gasteiger partial charge in [0, 0.05) is 30.7 Å². The van der Waals surface area contributed by atoms with Crippen LogP contribution in [0.4, 0.5) is 11.6 Å². The monoisotopic (exact) mass is 338 g/mol. The molecule has 7 nitrogen and oxygen atoms in total. The van der Waals surface area contributed by atoms with Gasteiger partial charge >= 0.3 is 0 Å². The fraction of sp³-hybridized carbons (Fsp3) is 0.389. The molecular formula is C18H22N6O. The van der Waals surface area contributed by atoms with E-state index in [-0.39, 0.29) is 12.0 Å². The summed E-state index contributed by atoms with van der Waals surface area (Å²) in [5, 5.41) is 11.6. The predicted molar refractivity (Wildman–Crippen MR) is 98.2 cm³/mol. The molecule has 1 aliphatic rings. The summed E-state index contributed by atoms with van der Waals surface area (Å²) < 4.78 is 0. The second kappa shape index (κ2) is 5.70. The SMILES string of the molecule is CC(C)(O)C1CCCN1c1ccnc2[nH]cc(-c3ccnc(N)n3)c12. The highest BCUT2D eigenvalue weighted by molar-refractivity contribution is 6.02. The highest BCUT2D eigenvalue weighted by Crippen LogP contribution is 2.39. The number of hydrogen-bond donors (Lipinski definition) is 3. The third-order valence-electron chi connectivity index (χ3n) is 4.88. The molecule has 0 bridgehead atoms. The first-order valence-electron chi connectivity index (χ1n) is 8.49. The average molecular weight is 338 g/mol. The van der Waals surface area contributed by atoms with Crippen molar-refractivity contribution in [1.29, 1.82) is 0 Å². The van der Waals surface area contributed by atoms with Gasteiger partial charge in [-0.05, 0) is 38.8 Å². The van der Waals surface area contributed by atoms with Crippen LogP contribution in [0.3, 0.4) is 0 Å². The molecule has 4 N–H and O–H groups in total. The first-order chi connectivity index (χ1) is 11.9. The predicted octanol–water partition coefficient (Wildman–Crippen LogP) is 2.34. The smallest absolute Gasteiger partial charge is 0.220 e. The van der Waals surface area contributed by atoms with Crippen molar-refractivity contribution < 1.29 is 5.11 Å². The molecule has 4 heterocycles. The van der Waals surface area contributed by atoms with Crippen molar-refractivity contribution in [2.45, 2.75) is 38.3 Å². The van der Waals surface area contributed by atoms with Crippen molar-refractivity contribution >= 4 is 22.7 Å². The second-order valence-corrected chi connectivity index (χ2v) is 7.06. The maximum atomic E-state index is 10.6. The molecule has 7 heteroatoms. The second-order valence-electron chi connectivity index (χ2n) is 7.06. The lowest BCUT2D eigenvalue weighted by Crippen LogP contribution is -2.45. The number of nitrogens with one attached hydrogen (secondary N) is 1. The van der Waals surface area contributed by atoms with E-state index in [1.807, 2.05) is 32.2 Å². The summed E-state index contributed by atoms with van der Waals surface area (Å²) in [5.74, 6) is 0.243. The lowest BCUT2D eigenvalue weighted by atomic mass is 9.96. The number of nitrogens with two attached hydrogens (primary N) is 1. The minimum atomic E-state index is -0.776. The average Bonchev–Trinajstić information content (AvgIpc) is 3.21. The van der Waals surface area contributed by atoms with E-state index in [4.69, 9.17) is 5.73 Å². The maximum Gasteiger partial charge on any atom is 0.220 e. The number of pyridine rings is 1. The fourth-order valence-corrected chi connectivity index (χ4v) is 3.79. The molecule has 25 heavy (non-hydrogen) atoms. The lowest BCUT2D eigenvalue weighted by molar-refractivity contribution is 0.0535. The van der Waals surface area contributed by atoms with Crippen molar-refractivity contribution in [2.24, 2.45) is 0 Å². The Hall–Kier alpha value is -2.67. The topological polar surface area (TPSA) is 104 Å². The van der Waals surface area contributed by atoms with Crippen molar-refractivity contribution in [3.63, 3.8) is 0 Å². The van der Waals surface area contributed by atoms with Crippen LogP contribution in [-0.2, 0) is 0 Å². The summed E-state index contributed by atoms with van der Waals surface area (Å²) in [4.78, 5) is 18.3. The van der Waals surface area contributed by atoms with Crippen molar-refractivity contribution in [2.75, 3.05) is 17.2 Å². The summed E-state index contributed by atoms with van der Waals surface area (Å²) in [7, 11) is 0. The van der Waals surface area contributed by atoms with Gasteiger partial charge in [-0.25, -0.2) is 15.0 Å². The summed E-state index contributed by atoms with van der Waals surface area (Å²) in [6.45, 7) is 4.65. The van der Waals surface area contributed by atoms with Gasteiger partial charge in [0.15, 0.2) is 0 Å². The number of H-pyrrole nitrogens is 1. The fourth-order valence-electron chi connectivity index (χ4n) is 3.79. The summed E-state index contributed by atoms with van der Waals surface area (Å²) >= 11 is 0. The molecule has 0 saturated carbocycles. The van der Waals surface area contributed by atoms with E-state index in [2.05, 4.69) is 24.8 Å². The number of aromatic amines is 1. The molecule has 0 amide bonds. The van der Waals surface area contributed by atoms with Gasteiger partial charge in [-0.1, -0.05) is 0 Å². The summed E-state index contributed by atoms with van der Waals surface area (Å²) in [5.41, 5.74) is 8.53. The number of aromatic nitrogens is 4. The number of nitrogen functional groups attached to an aromatic ring is 1. The number of aliphatic hydroxyl groups is 1. The van der Waals surface area contributed by atoms with Crippen LogP contribution in [0.5, 0.6) is 0 Å². The van der Waals surface area contributed by atoms with Gasteiger partial charge < -0.3 is 20.7 Å². The third-order valence-corrected chi connectivity index (χ3v) is 4.88. The largest absolute Gasteiger partial charge is 0.388 e. The number of hydrogen-bond acceptors (Lipinski definition) is 6. The van der Waals surface area contributed by atoms with Crippen LogP contribution >= 0.6 is 0 Å². The first kappa shape index (κ1) is 15.8. The Balaban J connectivity index is 1.89. The van der Waals surface area contributed by atoms with Crippen LogP contribution < -0.4 is 10.6 Å². The van der Waals surface area contributed by atoms with Crippen LogP contribution in [0.25, 0.3) is 22.3 Å². The molecule has 3 aromatic rings. The van der Waals surface area contributed by atoms with Crippen LogP contribution in [0.1, 0.15) is 26.7 Å². The zero-order chi connectivity index (χ0) is 17.6. The Bertz CT molecular complexity index is 913. The highest BCUT2D eigenvalue weighted by atomic mass is 16.3. The minimum Gasteiger partial charge on any atom is -0.388 e. The molecule has 1 fully saturated rings. The quantitative estimate of drug-likeness (QED) is 0.677. The molecule has 4 rings (SSSR count). The highest BCUT2D eigenvalue weighted by Gasteiger charge is 2.37. The van der Waals surface area contributed by atoms with Gasteiger partial charge in [0.05, 0.1) is 28.4 Å². The van der Waals surface area contributed by atoms with E-state index >= 15 is 0 Å². The van der Waals surface area contributed by atoms with Crippen molar-refractivity contribution in [3.8, 4) is 11.3 Å². The van der Waals surface area contributed by atoms with Gasteiger partial charge in [-0.2, -0.15) is 0 Å². The molecule has 0 aliphatic carbocycles. The van der Waals surface area contributed by atoms with E-state index in [0.29, 0.717) is 0 Å². The van der Waals surface area contributed by atoms with E-state index < -0.39 is 5.60 Å². The molecule has 1 saturated heterocycles. The Labute approximate surface area is 145 Å². The Morgan fingerprint density at radius 1 is 1.28 bits per heavy atom. The number of rotatable bonds is 3. The zero-order valence-corrected chi connectivity index (χ0v) is 14.4. The molecule has 3 aromatic heterocycles. The van der Waals surface area contributed by atoms with E-state index in [0.717, 1.165) is 47.4 Å². The first-order valence-corrected chi connectivity index (χ1v) is 8.49. The third kappa shape index (κ3) is 2.70. The molecule has 1 aliphatic heterocycles. The van der Waals surface area contributed by atoms with Crippen LogP contribution in [-0.4, -0.2) is 43.2 Å². The van der Waals surface area contributed by atoms with Crippen LogP contribution in [0, 0.1) is 0 Å². The number of nitrogens with zero attached hydrogens (tertiary/aromatic N) is 4. The van der Waals surface area contributed by atoms with Gasteiger partial charge in [-0.15, -0.1) is 0 Å².